The van der Waals surface area contributed by atoms with E-state index in [9.17, 15) is 4.79 Å². The second-order valence-corrected chi connectivity index (χ2v) is 5.01. The van der Waals surface area contributed by atoms with Gasteiger partial charge in [0.15, 0.2) is 0 Å². The van der Waals surface area contributed by atoms with Crippen molar-refractivity contribution in [3.63, 3.8) is 0 Å². The largest absolute Gasteiger partial charge is 0.497 e. The zero-order chi connectivity index (χ0) is 15.5. The van der Waals surface area contributed by atoms with Gasteiger partial charge in [0, 0.05) is 29.2 Å². The van der Waals surface area contributed by atoms with E-state index in [2.05, 4.69) is 4.57 Å². The fourth-order valence-electron chi connectivity index (χ4n) is 2.47. The summed E-state index contributed by atoms with van der Waals surface area (Å²) in [6.45, 7) is 0.735. The molecule has 1 heterocycles. The van der Waals surface area contributed by atoms with Crippen LogP contribution in [-0.4, -0.2) is 22.8 Å². The molecule has 0 radical (unpaired) electrons. The smallest absolute Gasteiger partial charge is 0.274 e. The Morgan fingerprint density at radius 1 is 1.18 bits per heavy atom. The number of carbonyl (C=O) groups excluding carboxylic acids is 1. The lowest BCUT2D eigenvalue weighted by atomic mass is 10.1. The molecule has 0 aliphatic carbocycles. The number of hydrogen-bond donors (Lipinski definition) is 2. The van der Waals surface area contributed by atoms with Crippen molar-refractivity contribution >= 4 is 16.8 Å². The van der Waals surface area contributed by atoms with E-state index in [1.165, 1.54) is 0 Å². The molecule has 1 aromatic heterocycles. The van der Waals surface area contributed by atoms with Crippen molar-refractivity contribution in [3.8, 4) is 5.75 Å². The van der Waals surface area contributed by atoms with Crippen LogP contribution in [0.4, 0.5) is 0 Å². The van der Waals surface area contributed by atoms with Crippen molar-refractivity contribution in [2.45, 2.75) is 6.54 Å². The van der Waals surface area contributed by atoms with Crippen LogP contribution in [-0.2, 0) is 6.54 Å². The standard InChI is InChI=1S/C17H16N2O3/c1-22-15-5-2-12(3-6-15)11-19-9-8-13-10-14(17(20)18-21)4-7-16(13)19/h2-10,21H,11H2,1H3,(H,18,20). The maximum absolute atomic E-state index is 11.4. The third kappa shape index (κ3) is 2.66. The van der Waals surface area contributed by atoms with Gasteiger partial charge < -0.3 is 9.30 Å². The molecular weight excluding hydrogens is 280 g/mol. The van der Waals surface area contributed by atoms with E-state index >= 15 is 0 Å². The van der Waals surface area contributed by atoms with Crippen molar-refractivity contribution < 1.29 is 14.7 Å². The highest BCUT2D eigenvalue weighted by atomic mass is 16.5. The number of rotatable bonds is 4. The van der Waals surface area contributed by atoms with Gasteiger partial charge in [0.05, 0.1) is 7.11 Å². The first-order chi connectivity index (χ1) is 10.7. The SMILES string of the molecule is COc1ccc(Cn2ccc3cc(C(=O)NO)ccc32)cc1. The Bertz CT molecular complexity index is 806. The first kappa shape index (κ1) is 14.2. The number of fused-ring (bicyclic) bond motifs is 1. The van der Waals surface area contributed by atoms with Crippen LogP contribution in [0.3, 0.4) is 0 Å². The molecule has 2 aromatic carbocycles. The molecule has 2 N–H and O–H groups in total. The normalized spacial score (nSPS) is 10.6. The third-order valence-corrected chi connectivity index (χ3v) is 3.65. The number of hydrogen-bond acceptors (Lipinski definition) is 3. The molecule has 3 rings (SSSR count). The van der Waals surface area contributed by atoms with Crippen LogP contribution in [0.25, 0.3) is 10.9 Å². The highest BCUT2D eigenvalue weighted by Crippen LogP contribution is 2.20. The van der Waals surface area contributed by atoms with Gasteiger partial charge in [-0.15, -0.1) is 0 Å². The van der Waals surface area contributed by atoms with E-state index in [1.807, 2.05) is 42.6 Å². The van der Waals surface area contributed by atoms with Gasteiger partial charge >= 0.3 is 0 Å². The molecule has 0 spiro atoms. The highest BCUT2D eigenvalue weighted by Gasteiger charge is 2.07. The Balaban J connectivity index is 1.89. The summed E-state index contributed by atoms with van der Waals surface area (Å²) >= 11 is 0. The molecule has 0 fully saturated rings. The average molecular weight is 296 g/mol. The summed E-state index contributed by atoms with van der Waals surface area (Å²) in [6, 6.07) is 15.2. The number of methoxy groups -OCH3 is 1. The summed E-state index contributed by atoms with van der Waals surface area (Å²) in [7, 11) is 1.65. The average Bonchev–Trinajstić information content (AvgIpc) is 2.97. The molecule has 5 heteroatoms. The molecular formula is C17H16N2O3. The maximum Gasteiger partial charge on any atom is 0.274 e. The minimum Gasteiger partial charge on any atom is -0.497 e. The minimum atomic E-state index is -0.509. The van der Waals surface area contributed by atoms with Crippen LogP contribution in [0.2, 0.25) is 0 Å². The van der Waals surface area contributed by atoms with Crippen LogP contribution < -0.4 is 10.2 Å². The van der Waals surface area contributed by atoms with Crippen molar-refractivity contribution in [2.24, 2.45) is 0 Å². The van der Waals surface area contributed by atoms with Crippen LogP contribution in [0.1, 0.15) is 15.9 Å². The number of aromatic nitrogens is 1. The quantitative estimate of drug-likeness (QED) is 0.575. The lowest BCUT2D eigenvalue weighted by molar-refractivity contribution is 0.0706. The monoisotopic (exact) mass is 296 g/mol. The molecule has 5 nitrogen and oxygen atoms in total. The van der Waals surface area contributed by atoms with Gasteiger partial charge in [-0.3, -0.25) is 10.0 Å². The Hall–Kier alpha value is -2.79. The molecule has 0 atom stereocenters. The number of hydroxylamine groups is 1. The van der Waals surface area contributed by atoms with Gasteiger partial charge in [-0.1, -0.05) is 12.1 Å². The zero-order valence-electron chi connectivity index (χ0n) is 12.1. The van der Waals surface area contributed by atoms with E-state index in [-0.39, 0.29) is 0 Å². The molecule has 0 saturated heterocycles. The fourth-order valence-corrected chi connectivity index (χ4v) is 2.47. The lowest BCUT2D eigenvalue weighted by Gasteiger charge is -2.07. The number of ether oxygens (including phenoxy) is 1. The van der Waals surface area contributed by atoms with E-state index in [1.54, 1.807) is 24.7 Å². The van der Waals surface area contributed by atoms with E-state index < -0.39 is 5.91 Å². The van der Waals surface area contributed by atoms with Crippen LogP contribution in [0, 0.1) is 0 Å². The van der Waals surface area contributed by atoms with Gasteiger partial charge in [0.2, 0.25) is 0 Å². The van der Waals surface area contributed by atoms with Crippen molar-refractivity contribution in [1.29, 1.82) is 0 Å². The van der Waals surface area contributed by atoms with Gasteiger partial charge in [0.1, 0.15) is 5.75 Å². The summed E-state index contributed by atoms with van der Waals surface area (Å²) in [5.41, 5.74) is 4.27. The molecule has 0 aliphatic rings. The number of nitrogens with one attached hydrogen (secondary N) is 1. The first-order valence-electron chi connectivity index (χ1n) is 6.87. The Morgan fingerprint density at radius 3 is 2.64 bits per heavy atom. The summed E-state index contributed by atoms with van der Waals surface area (Å²) < 4.78 is 7.26. The first-order valence-corrected chi connectivity index (χ1v) is 6.87. The number of carbonyl (C=O) groups is 1. The van der Waals surface area contributed by atoms with Gasteiger partial charge in [-0.25, -0.2) is 5.48 Å². The second kappa shape index (κ2) is 5.91. The second-order valence-electron chi connectivity index (χ2n) is 5.01. The Kier molecular flexibility index (Phi) is 3.80. The molecule has 22 heavy (non-hydrogen) atoms. The van der Waals surface area contributed by atoms with Crippen LogP contribution in [0.5, 0.6) is 5.75 Å². The summed E-state index contributed by atoms with van der Waals surface area (Å²) in [5.74, 6) is 0.325. The summed E-state index contributed by atoms with van der Waals surface area (Å²) in [4.78, 5) is 11.4. The van der Waals surface area contributed by atoms with E-state index in [4.69, 9.17) is 9.94 Å². The van der Waals surface area contributed by atoms with Crippen molar-refractivity contribution in [3.05, 3.63) is 65.9 Å². The number of nitrogens with zero attached hydrogens (tertiary/aromatic N) is 1. The molecule has 0 saturated carbocycles. The molecule has 112 valence electrons. The van der Waals surface area contributed by atoms with Crippen molar-refractivity contribution in [1.82, 2.24) is 10.0 Å². The predicted molar refractivity (Wildman–Crippen MR) is 83.3 cm³/mol. The molecule has 0 bridgehead atoms. The zero-order valence-corrected chi connectivity index (χ0v) is 12.1. The molecule has 0 aliphatic heterocycles. The molecule has 3 aromatic rings. The van der Waals surface area contributed by atoms with Gasteiger partial charge in [0.25, 0.3) is 5.91 Å². The number of amides is 1. The van der Waals surface area contributed by atoms with Gasteiger partial charge in [-0.2, -0.15) is 0 Å². The van der Waals surface area contributed by atoms with Crippen LogP contribution in [0.15, 0.2) is 54.7 Å². The Labute approximate surface area is 127 Å². The lowest BCUT2D eigenvalue weighted by Crippen LogP contribution is -2.18. The van der Waals surface area contributed by atoms with Crippen LogP contribution >= 0.6 is 0 Å². The van der Waals surface area contributed by atoms with E-state index in [0.717, 1.165) is 28.8 Å². The van der Waals surface area contributed by atoms with Gasteiger partial charge in [-0.05, 0) is 42.0 Å². The summed E-state index contributed by atoms with van der Waals surface area (Å²) in [5, 5.41) is 9.64. The topological polar surface area (TPSA) is 63.5 Å². The van der Waals surface area contributed by atoms with Crippen molar-refractivity contribution in [2.75, 3.05) is 7.11 Å². The Morgan fingerprint density at radius 2 is 1.95 bits per heavy atom. The molecule has 0 unspecified atom stereocenters. The predicted octanol–water partition coefficient (Wildman–Crippen LogP) is 2.82. The van der Waals surface area contributed by atoms with E-state index in [0.29, 0.717) is 5.56 Å². The molecule has 1 amide bonds. The fraction of sp³-hybridized carbons (Fsp3) is 0.118. The number of benzene rings is 2. The minimum absolute atomic E-state index is 0.428. The maximum atomic E-state index is 11.4. The third-order valence-electron chi connectivity index (χ3n) is 3.65. The highest BCUT2D eigenvalue weighted by molar-refractivity contribution is 5.97. The summed E-state index contributed by atoms with van der Waals surface area (Å²) in [6.07, 6.45) is 1.98.